The number of halogens is 1. The molecule has 5 heteroatoms. The monoisotopic (exact) mass is 274 g/mol. The lowest BCUT2D eigenvalue weighted by molar-refractivity contribution is -0.136. The van der Waals surface area contributed by atoms with Crippen molar-refractivity contribution in [3.8, 4) is 11.5 Å². The number of benzene rings is 1. The third kappa shape index (κ3) is 2.41. The molecule has 0 amide bonds. The van der Waals surface area contributed by atoms with E-state index < -0.39 is 5.97 Å². The first-order valence-corrected chi connectivity index (χ1v) is 5.03. The summed E-state index contributed by atoms with van der Waals surface area (Å²) in [6.45, 7) is 1.77. The van der Waals surface area contributed by atoms with Crippen LogP contribution in [0.4, 0.5) is 0 Å². The van der Waals surface area contributed by atoms with Crippen molar-refractivity contribution in [2.75, 3.05) is 7.11 Å². The molecule has 1 aromatic carbocycles. The lowest BCUT2D eigenvalue weighted by Crippen LogP contribution is -2.05. The van der Waals surface area contributed by atoms with Crippen LogP contribution in [-0.2, 0) is 11.2 Å². The highest BCUT2D eigenvalue weighted by atomic mass is 79.9. The largest absolute Gasteiger partial charge is 0.504 e. The predicted octanol–water partition coefficient (Wildman–Crippen LogP) is 2.10. The summed E-state index contributed by atoms with van der Waals surface area (Å²) < 4.78 is 5.64. The Balaban J connectivity index is 3.36. The first kappa shape index (κ1) is 11.8. The van der Waals surface area contributed by atoms with Gasteiger partial charge in [-0.25, -0.2) is 0 Å². The Morgan fingerprint density at radius 1 is 1.60 bits per heavy atom. The summed E-state index contributed by atoms with van der Waals surface area (Å²) in [5.74, 6) is -0.807. The number of methoxy groups -OCH3 is 1. The van der Waals surface area contributed by atoms with E-state index in [1.807, 2.05) is 0 Å². The quantitative estimate of drug-likeness (QED) is 0.886. The van der Waals surface area contributed by atoms with Crippen LogP contribution in [0.2, 0.25) is 0 Å². The molecular formula is C10H11BrO4. The number of phenolic OH excluding ortho intramolecular Hbond substituents is 1. The number of carboxylic acid groups (broad SMARTS) is 1. The predicted molar refractivity (Wildman–Crippen MR) is 58.4 cm³/mol. The van der Waals surface area contributed by atoms with E-state index in [9.17, 15) is 9.90 Å². The van der Waals surface area contributed by atoms with Gasteiger partial charge in [-0.3, -0.25) is 4.79 Å². The Bertz CT molecular complexity index is 401. The van der Waals surface area contributed by atoms with Gasteiger partial charge < -0.3 is 14.9 Å². The number of rotatable bonds is 3. The van der Waals surface area contributed by atoms with Gasteiger partial charge in [0.25, 0.3) is 0 Å². The number of ether oxygens (including phenoxy) is 1. The molecule has 0 atom stereocenters. The third-order valence-electron chi connectivity index (χ3n) is 2.11. The van der Waals surface area contributed by atoms with Crippen molar-refractivity contribution in [1.82, 2.24) is 0 Å². The van der Waals surface area contributed by atoms with Crippen LogP contribution in [0, 0.1) is 6.92 Å². The first-order valence-electron chi connectivity index (χ1n) is 4.24. The van der Waals surface area contributed by atoms with Crippen molar-refractivity contribution in [3.05, 3.63) is 21.7 Å². The van der Waals surface area contributed by atoms with E-state index in [-0.39, 0.29) is 17.9 Å². The molecular weight excluding hydrogens is 264 g/mol. The van der Waals surface area contributed by atoms with Crippen molar-refractivity contribution < 1.29 is 19.7 Å². The van der Waals surface area contributed by atoms with E-state index in [2.05, 4.69) is 15.9 Å². The highest BCUT2D eigenvalue weighted by molar-refractivity contribution is 9.10. The average molecular weight is 275 g/mol. The van der Waals surface area contributed by atoms with Crippen LogP contribution in [0.15, 0.2) is 10.5 Å². The van der Waals surface area contributed by atoms with Crippen LogP contribution < -0.4 is 4.74 Å². The minimum Gasteiger partial charge on any atom is -0.504 e. The summed E-state index contributed by atoms with van der Waals surface area (Å²) in [5.41, 5.74) is 1.24. The highest BCUT2D eigenvalue weighted by Crippen LogP contribution is 2.37. The molecule has 0 aliphatic heterocycles. The second-order valence-corrected chi connectivity index (χ2v) is 3.94. The Morgan fingerprint density at radius 2 is 2.20 bits per heavy atom. The summed E-state index contributed by atoms with van der Waals surface area (Å²) >= 11 is 3.24. The van der Waals surface area contributed by atoms with Gasteiger partial charge in [0.15, 0.2) is 11.5 Å². The molecule has 0 unspecified atom stereocenters. The molecule has 2 N–H and O–H groups in total. The molecule has 15 heavy (non-hydrogen) atoms. The molecule has 0 aromatic heterocycles. The molecule has 0 spiro atoms. The maximum absolute atomic E-state index is 10.7. The Hall–Kier alpha value is -1.23. The molecule has 1 rings (SSSR count). The molecule has 0 fully saturated rings. The van der Waals surface area contributed by atoms with Gasteiger partial charge in [-0.15, -0.1) is 0 Å². The van der Waals surface area contributed by atoms with Crippen molar-refractivity contribution >= 4 is 21.9 Å². The van der Waals surface area contributed by atoms with Gasteiger partial charge in [0, 0.05) is 10.0 Å². The molecule has 1 aromatic rings. The fraction of sp³-hybridized carbons (Fsp3) is 0.300. The Labute approximate surface area is 95.6 Å². The topological polar surface area (TPSA) is 66.8 Å². The van der Waals surface area contributed by atoms with Crippen LogP contribution in [0.5, 0.6) is 11.5 Å². The second kappa shape index (κ2) is 4.53. The van der Waals surface area contributed by atoms with Gasteiger partial charge in [0.1, 0.15) is 0 Å². The molecule has 0 aliphatic carbocycles. The minimum absolute atomic E-state index is 0.0637. The fourth-order valence-electron chi connectivity index (χ4n) is 1.35. The van der Waals surface area contributed by atoms with Crippen molar-refractivity contribution in [2.24, 2.45) is 0 Å². The van der Waals surface area contributed by atoms with Crippen LogP contribution >= 0.6 is 15.9 Å². The maximum Gasteiger partial charge on any atom is 0.307 e. The van der Waals surface area contributed by atoms with E-state index in [1.54, 1.807) is 6.92 Å². The minimum atomic E-state index is -0.964. The molecule has 0 radical (unpaired) electrons. The van der Waals surface area contributed by atoms with Gasteiger partial charge in [0.05, 0.1) is 13.5 Å². The number of hydrogen-bond donors (Lipinski definition) is 2. The van der Waals surface area contributed by atoms with E-state index in [0.717, 1.165) is 5.56 Å². The normalized spacial score (nSPS) is 10.1. The van der Waals surface area contributed by atoms with E-state index in [1.165, 1.54) is 13.2 Å². The van der Waals surface area contributed by atoms with Crippen molar-refractivity contribution in [1.29, 1.82) is 0 Å². The number of carbonyl (C=O) groups is 1. The van der Waals surface area contributed by atoms with Gasteiger partial charge in [0.2, 0.25) is 0 Å². The zero-order valence-corrected chi connectivity index (χ0v) is 9.96. The molecule has 0 aliphatic rings. The molecule has 0 saturated carbocycles. The van der Waals surface area contributed by atoms with Crippen LogP contribution in [0.1, 0.15) is 11.1 Å². The molecule has 0 heterocycles. The first-order chi connectivity index (χ1) is 6.97. The zero-order valence-electron chi connectivity index (χ0n) is 8.37. The fourth-order valence-corrected chi connectivity index (χ4v) is 1.81. The molecule has 4 nitrogen and oxygen atoms in total. The smallest absolute Gasteiger partial charge is 0.307 e. The summed E-state index contributed by atoms with van der Waals surface area (Å²) in [4.78, 5) is 10.7. The standard InChI is InChI=1S/C10H11BrO4/c1-5-6(3-9(13)14)10(15-2)8(12)4-7(5)11/h4,12H,3H2,1-2H3,(H,13,14). The average Bonchev–Trinajstić information content (AvgIpc) is 2.13. The van der Waals surface area contributed by atoms with Gasteiger partial charge in [-0.1, -0.05) is 15.9 Å². The van der Waals surface area contributed by atoms with Crippen LogP contribution in [-0.4, -0.2) is 23.3 Å². The summed E-state index contributed by atoms with van der Waals surface area (Å²) in [5, 5.41) is 18.3. The highest BCUT2D eigenvalue weighted by Gasteiger charge is 2.17. The molecule has 82 valence electrons. The number of aliphatic carboxylic acids is 1. The Morgan fingerprint density at radius 3 is 2.67 bits per heavy atom. The van der Waals surface area contributed by atoms with Crippen LogP contribution in [0.25, 0.3) is 0 Å². The van der Waals surface area contributed by atoms with Crippen molar-refractivity contribution in [2.45, 2.75) is 13.3 Å². The lowest BCUT2D eigenvalue weighted by Gasteiger charge is -2.13. The third-order valence-corrected chi connectivity index (χ3v) is 2.94. The zero-order chi connectivity index (χ0) is 11.6. The number of phenols is 1. The van der Waals surface area contributed by atoms with E-state index >= 15 is 0 Å². The molecule has 0 bridgehead atoms. The summed E-state index contributed by atoms with van der Waals surface area (Å²) in [7, 11) is 1.40. The second-order valence-electron chi connectivity index (χ2n) is 3.08. The van der Waals surface area contributed by atoms with Gasteiger partial charge >= 0.3 is 5.97 Å². The van der Waals surface area contributed by atoms with E-state index in [0.29, 0.717) is 10.0 Å². The lowest BCUT2D eigenvalue weighted by atomic mass is 10.0. The number of hydrogen-bond acceptors (Lipinski definition) is 3. The van der Waals surface area contributed by atoms with Crippen molar-refractivity contribution in [3.63, 3.8) is 0 Å². The van der Waals surface area contributed by atoms with Gasteiger partial charge in [-0.05, 0) is 18.6 Å². The van der Waals surface area contributed by atoms with Crippen LogP contribution in [0.3, 0.4) is 0 Å². The number of carboxylic acids is 1. The van der Waals surface area contributed by atoms with E-state index in [4.69, 9.17) is 9.84 Å². The maximum atomic E-state index is 10.7. The number of aromatic hydroxyl groups is 1. The summed E-state index contributed by atoms with van der Waals surface area (Å²) in [6, 6.07) is 1.49. The molecule has 0 saturated heterocycles. The SMILES string of the molecule is COc1c(O)cc(Br)c(C)c1CC(=O)O. The van der Waals surface area contributed by atoms with Gasteiger partial charge in [-0.2, -0.15) is 0 Å². The summed E-state index contributed by atoms with van der Waals surface area (Å²) in [6.07, 6.45) is -0.179. The Kier molecular flexibility index (Phi) is 3.57.